The molecule has 27 heavy (non-hydrogen) atoms. The zero-order valence-electron chi connectivity index (χ0n) is 14.0. The summed E-state index contributed by atoms with van der Waals surface area (Å²) in [5.41, 5.74) is 1.22. The van der Waals surface area contributed by atoms with Crippen LogP contribution in [0.4, 0.5) is 8.78 Å². The van der Waals surface area contributed by atoms with Crippen LogP contribution >= 0.6 is 0 Å². The number of hydrogen-bond acceptors (Lipinski definition) is 4. The first-order valence-electron chi connectivity index (χ1n) is 8.17. The lowest BCUT2D eigenvalue weighted by atomic mass is 10.1. The highest BCUT2D eigenvalue weighted by atomic mass is 19.1. The normalized spacial score (nSPS) is 11.0. The van der Waals surface area contributed by atoms with Gasteiger partial charge in [-0.15, -0.1) is 5.10 Å². The van der Waals surface area contributed by atoms with Crippen molar-refractivity contribution < 1.29 is 13.6 Å². The number of rotatable bonds is 5. The smallest absolute Gasteiger partial charge is 0.253 e. The summed E-state index contributed by atoms with van der Waals surface area (Å²) in [5, 5.41) is 14.4. The number of amides is 1. The van der Waals surface area contributed by atoms with E-state index < -0.39 is 11.7 Å². The van der Waals surface area contributed by atoms with Crippen molar-refractivity contribution in [3.63, 3.8) is 0 Å². The number of fused-ring (bicyclic) bond motifs is 1. The maximum atomic E-state index is 13.6. The zero-order valence-corrected chi connectivity index (χ0v) is 14.0. The number of halogens is 2. The molecular weight excluding hydrogens is 354 g/mol. The molecular formula is C18H14F2N6O. The number of nitrogens with one attached hydrogen (secondary N) is 1. The maximum Gasteiger partial charge on any atom is 0.253 e. The van der Waals surface area contributed by atoms with Crippen molar-refractivity contribution >= 4 is 16.8 Å². The zero-order chi connectivity index (χ0) is 18.8. The van der Waals surface area contributed by atoms with Crippen molar-refractivity contribution in [2.45, 2.75) is 6.54 Å². The number of benzene rings is 2. The Balaban J connectivity index is 1.50. The summed E-state index contributed by atoms with van der Waals surface area (Å²) in [6, 6.07) is 10.2. The Morgan fingerprint density at radius 2 is 1.89 bits per heavy atom. The fraction of sp³-hybridized carbons (Fsp3) is 0.111. The van der Waals surface area contributed by atoms with Gasteiger partial charge in [-0.3, -0.25) is 4.79 Å². The van der Waals surface area contributed by atoms with E-state index in [0.29, 0.717) is 12.2 Å². The van der Waals surface area contributed by atoms with Crippen LogP contribution in [0.1, 0.15) is 10.4 Å². The number of hydrogen-bond donors (Lipinski definition) is 1. The van der Waals surface area contributed by atoms with Gasteiger partial charge in [-0.25, -0.2) is 8.78 Å². The Kier molecular flexibility index (Phi) is 4.33. The van der Waals surface area contributed by atoms with Crippen LogP contribution in [0.2, 0.25) is 0 Å². The summed E-state index contributed by atoms with van der Waals surface area (Å²) in [7, 11) is 0. The highest BCUT2D eigenvalue weighted by molar-refractivity contribution is 5.97. The lowest BCUT2D eigenvalue weighted by Crippen LogP contribution is -2.28. The van der Waals surface area contributed by atoms with Crippen LogP contribution in [0.5, 0.6) is 0 Å². The summed E-state index contributed by atoms with van der Waals surface area (Å²) in [6.45, 7) is 0.721. The van der Waals surface area contributed by atoms with Crippen molar-refractivity contribution in [2.75, 3.05) is 6.54 Å². The molecule has 2 aromatic heterocycles. The molecule has 0 radical (unpaired) electrons. The van der Waals surface area contributed by atoms with Gasteiger partial charge in [0.25, 0.3) is 5.91 Å². The second-order valence-electron chi connectivity index (χ2n) is 5.88. The predicted molar refractivity (Wildman–Crippen MR) is 93.3 cm³/mol. The molecule has 0 saturated carbocycles. The van der Waals surface area contributed by atoms with Gasteiger partial charge in [-0.1, -0.05) is 0 Å². The molecule has 0 spiro atoms. The standard InChI is InChI=1S/C18H14F2N6O/c19-13-3-4-16(26-11-22-23-24-26)15(9-13)18(27)21-6-8-25-7-5-12-1-2-14(20)10-17(12)25/h1-5,7,9-11H,6,8H2,(H,21,27). The molecule has 2 aromatic carbocycles. The Morgan fingerprint density at radius 1 is 1.07 bits per heavy atom. The van der Waals surface area contributed by atoms with E-state index in [1.165, 1.54) is 35.3 Å². The number of carbonyl (C=O) groups excluding carboxylic acids is 1. The van der Waals surface area contributed by atoms with Gasteiger partial charge in [0.15, 0.2) is 0 Å². The van der Waals surface area contributed by atoms with Crippen LogP contribution in [0.25, 0.3) is 16.6 Å². The Bertz CT molecular complexity index is 1110. The van der Waals surface area contributed by atoms with Crippen LogP contribution in [0.15, 0.2) is 55.0 Å². The molecule has 136 valence electrons. The highest BCUT2D eigenvalue weighted by Gasteiger charge is 2.15. The van der Waals surface area contributed by atoms with Gasteiger partial charge in [0.05, 0.1) is 16.8 Å². The van der Waals surface area contributed by atoms with Crippen molar-refractivity contribution in [3.8, 4) is 5.69 Å². The second-order valence-corrected chi connectivity index (χ2v) is 5.88. The summed E-state index contributed by atoms with van der Waals surface area (Å²) >= 11 is 0. The third-order valence-electron chi connectivity index (χ3n) is 4.17. The summed E-state index contributed by atoms with van der Waals surface area (Å²) in [4.78, 5) is 12.5. The Morgan fingerprint density at radius 3 is 2.70 bits per heavy atom. The average molecular weight is 368 g/mol. The van der Waals surface area contributed by atoms with Crippen LogP contribution in [-0.2, 0) is 6.54 Å². The van der Waals surface area contributed by atoms with E-state index in [1.54, 1.807) is 6.07 Å². The van der Waals surface area contributed by atoms with E-state index in [0.717, 1.165) is 17.0 Å². The quantitative estimate of drug-likeness (QED) is 0.587. The molecule has 0 aliphatic heterocycles. The van der Waals surface area contributed by atoms with Gasteiger partial charge in [0, 0.05) is 19.3 Å². The minimum atomic E-state index is -0.538. The molecule has 2 heterocycles. The van der Waals surface area contributed by atoms with Gasteiger partial charge in [-0.2, -0.15) is 4.68 Å². The van der Waals surface area contributed by atoms with Crippen LogP contribution in [0, 0.1) is 11.6 Å². The predicted octanol–water partition coefficient (Wildman–Crippen LogP) is 2.33. The van der Waals surface area contributed by atoms with Gasteiger partial charge in [0.1, 0.15) is 18.0 Å². The molecule has 0 bridgehead atoms. The molecule has 4 rings (SSSR count). The number of tetrazole rings is 1. The molecule has 0 unspecified atom stereocenters. The first-order chi connectivity index (χ1) is 13.1. The third kappa shape index (κ3) is 3.39. The molecule has 7 nitrogen and oxygen atoms in total. The van der Waals surface area contributed by atoms with E-state index >= 15 is 0 Å². The lowest BCUT2D eigenvalue weighted by molar-refractivity contribution is 0.0952. The van der Waals surface area contributed by atoms with E-state index in [-0.39, 0.29) is 17.9 Å². The Labute approximate surface area is 152 Å². The molecule has 0 aliphatic rings. The van der Waals surface area contributed by atoms with Gasteiger partial charge >= 0.3 is 0 Å². The fourth-order valence-corrected chi connectivity index (χ4v) is 2.90. The third-order valence-corrected chi connectivity index (χ3v) is 4.17. The van der Waals surface area contributed by atoms with E-state index in [9.17, 15) is 13.6 Å². The van der Waals surface area contributed by atoms with Crippen molar-refractivity contribution in [1.29, 1.82) is 0 Å². The molecule has 4 aromatic rings. The van der Waals surface area contributed by atoms with Crippen LogP contribution < -0.4 is 5.32 Å². The summed E-state index contributed by atoms with van der Waals surface area (Å²) in [5.74, 6) is -1.32. The lowest BCUT2D eigenvalue weighted by Gasteiger charge is -2.11. The number of carbonyl (C=O) groups is 1. The molecule has 0 atom stereocenters. The van der Waals surface area contributed by atoms with E-state index in [1.807, 2.05) is 16.8 Å². The topological polar surface area (TPSA) is 77.6 Å². The highest BCUT2D eigenvalue weighted by Crippen LogP contribution is 2.17. The number of nitrogens with zero attached hydrogens (tertiary/aromatic N) is 5. The molecule has 0 fully saturated rings. The van der Waals surface area contributed by atoms with Gasteiger partial charge in [0.2, 0.25) is 0 Å². The first-order valence-corrected chi connectivity index (χ1v) is 8.17. The molecule has 1 amide bonds. The first kappa shape index (κ1) is 16.8. The van der Waals surface area contributed by atoms with Crippen LogP contribution in [-0.4, -0.2) is 37.2 Å². The molecule has 9 heteroatoms. The second kappa shape index (κ2) is 6.94. The van der Waals surface area contributed by atoms with Crippen molar-refractivity contribution in [3.05, 3.63) is 72.2 Å². The molecule has 1 N–H and O–H groups in total. The van der Waals surface area contributed by atoms with Crippen molar-refractivity contribution in [2.24, 2.45) is 0 Å². The molecule has 0 saturated heterocycles. The van der Waals surface area contributed by atoms with Gasteiger partial charge < -0.3 is 9.88 Å². The minimum Gasteiger partial charge on any atom is -0.350 e. The summed E-state index contributed by atoms with van der Waals surface area (Å²) in [6.07, 6.45) is 3.15. The monoisotopic (exact) mass is 368 g/mol. The van der Waals surface area contributed by atoms with Gasteiger partial charge in [-0.05, 0) is 58.3 Å². The van der Waals surface area contributed by atoms with E-state index in [4.69, 9.17) is 0 Å². The molecule has 0 aliphatic carbocycles. The fourth-order valence-electron chi connectivity index (χ4n) is 2.90. The minimum absolute atomic E-state index is 0.116. The van der Waals surface area contributed by atoms with Crippen molar-refractivity contribution in [1.82, 2.24) is 30.1 Å². The summed E-state index contributed by atoms with van der Waals surface area (Å²) < 4.78 is 30.2. The Hall–Kier alpha value is -3.62. The maximum absolute atomic E-state index is 13.6. The number of aromatic nitrogens is 5. The largest absolute Gasteiger partial charge is 0.350 e. The van der Waals surface area contributed by atoms with E-state index in [2.05, 4.69) is 20.8 Å². The van der Waals surface area contributed by atoms with Crippen LogP contribution in [0.3, 0.4) is 0 Å². The average Bonchev–Trinajstić information content (AvgIpc) is 3.32. The SMILES string of the molecule is O=C(NCCn1ccc2ccc(F)cc21)c1cc(F)ccc1-n1cnnn1.